The highest BCUT2D eigenvalue weighted by Crippen LogP contribution is 2.25. The van der Waals surface area contributed by atoms with E-state index in [1.807, 2.05) is 0 Å². The predicted molar refractivity (Wildman–Crippen MR) is 65.5 cm³/mol. The fourth-order valence-electron chi connectivity index (χ4n) is 1.13. The zero-order valence-corrected chi connectivity index (χ0v) is 11.1. The van der Waals surface area contributed by atoms with Crippen LogP contribution in [0, 0.1) is 0 Å². The number of aromatic nitrogens is 2. The second-order valence-corrected chi connectivity index (χ2v) is 6.17. The van der Waals surface area contributed by atoms with Crippen LogP contribution in [-0.2, 0) is 11.8 Å². The lowest BCUT2D eigenvalue weighted by molar-refractivity contribution is 0.575. The molecule has 0 saturated heterocycles. The normalized spacial score (nSPS) is 12.4. The summed E-state index contributed by atoms with van der Waals surface area (Å²) < 4.78 is 0. The Morgan fingerprint density at radius 3 is 2.40 bits per heavy atom. The van der Waals surface area contributed by atoms with Gasteiger partial charge in [-0.25, -0.2) is 0 Å². The monoisotopic (exact) mass is 227 g/mol. The van der Waals surface area contributed by atoms with Crippen molar-refractivity contribution in [3.05, 3.63) is 10.0 Å². The molecule has 0 aliphatic heterocycles. The molecule has 0 saturated carbocycles. The van der Waals surface area contributed by atoms with Crippen LogP contribution in [0.15, 0.2) is 0 Å². The average Bonchev–Trinajstić information content (AvgIpc) is 2.51. The van der Waals surface area contributed by atoms with Gasteiger partial charge < -0.3 is 5.32 Å². The Morgan fingerprint density at radius 2 is 1.93 bits per heavy atom. The summed E-state index contributed by atoms with van der Waals surface area (Å²) >= 11 is 1.73. The Labute approximate surface area is 96.3 Å². The Bertz CT molecular complexity index is 299. The molecule has 0 aliphatic rings. The summed E-state index contributed by atoms with van der Waals surface area (Å²) in [5.41, 5.74) is 0.126. The van der Waals surface area contributed by atoms with Crippen molar-refractivity contribution in [2.75, 3.05) is 6.54 Å². The lowest BCUT2D eigenvalue weighted by Crippen LogP contribution is -2.24. The van der Waals surface area contributed by atoms with Gasteiger partial charge in [0.1, 0.15) is 10.0 Å². The second kappa shape index (κ2) is 5.03. The maximum absolute atomic E-state index is 4.23. The summed E-state index contributed by atoms with van der Waals surface area (Å²) in [5, 5.41) is 14.1. The molecule has 0 spiro atoms. The number of nitrogens with one attached hydrogen (secondary N) is 1. The van der Waals surface area contributed by atoms with Crippen LogP contribution in [0.2, 0.25) is 0 Å². The van der Waals surface area contributed by atoms with Crippen molar-refractivity contribution >= 4 is 11.3 Å². The van der Waals surface area contributed by atoms with E-state index >= 15 is 0 Å². The lowest BCUT2D eigenvalue weighted by Gasteiger charge is -2.12. The van der Waals surface area contributed by atoms with Gasteiger partial charge in [0.2, 0.25) is 0 Å². The van der Waals surface area contributed by atoms with Crippen molar-refractivity contribution in [1.82, 2.24) is 15.5 Å². The molecular weight excluding hydrogens is 206 g/mol. The van der Waals surface area contributed by atoms with Gasteiger partial charge in [-0.1, -0.05) is 34.6 Å². The summed E-state index contributed by atoms with van der Waals surface area (Å²) in [5.74, 6) is 0. The first-order valence-corrected chi connectivity index (χ1v) is 6.27. The highest BCUT2D eigenvalue weighted by molar-refractivity contribution is 7.11. The third kappa shape index (κ3) is 4.26. The Balaban J connectivity index is 2.47. The molecule has 0 radical (unpaired) electrons. The average molecular weight is 227 g/mol. The van der Waals surface area contributed by atoms with E-state index in [9.17, 15) is 0 Å². The van der Waals surface area contributed by atoms with Crippen LogP contribution in [0.4, 0.5) is 0 Å². The van der Waals surface area contributed by atoms with Gasteiger partial charge in [-0.05, 0) is 0 Å². The summed E-state index contributed by atoms with van der Waals surface area (Å²) in [4.78, 5) is 0. The minimum Gasteiger partial charge on any atom is -0.314 e. The predicted octanol–water partition coefficient (Wildman–Crippen LogP) is 2.38. The minimum atomic E-state index is 0.126. The van der Waals surface area contributed by atoms with Crippen molar-refractivity contribution < 1.29 is 0 Å². The molecule has 3 nitrogen and oxygen atoms in total. The molecule has 1 heterocycles. The molecule has 4 heteroatoms. The van der Waals surface area contributed by atoms with Gasteiger partial charge >= 0.3 is 0 Å². The molecule has 86 valence electrons. The molecule has 1 N–H and O–H groups in total. The van der Waals surface area contributed by atoms with Crippen LogP contribution in [0.5, 0.6) is 0 Å². The first-order valence-electron chi connectivity index (χ1n) is 5.46. The van der Waals surface area contributed by atoms with Gasteiger partial charge in [-0.2, -0.15) is 0 Å². The molecule has 15 heavy (non-hydrogen) atoms. The quantitative estimate of drug-likeness (QED) is 0.858. The van der Waals surface area contributed by atoms with Gasteiger partial charge in [0, 0.05) is 24.4 Å². The molecule has 0 aromatic carbocycles. The fraction of sp³-hybridized carbons (Fsp3) is 0.818. The van der Waals surface area contributed by atoms with Gasteiger partial charge in [-0.15, -0.1) is 21.5 Å². The van der Waals surface area contributed by atoms with Crippen LogP contribution < -0.4 is 5.32 Å². The minimum absolute atomic E-state index is 0.126. The third-order valence-corrected chi connectivity index (χ3v) is 3.41. The molecule has 1 rings (SSSR count). The van der Waals surface area contributed by atoms with Gasteiger partial charge in [-0.3, -0.25) is 0 Å². The van der Waals surface area contributed by atoms with E-state index in [4.69, 9.17) is 0 Å². The molecule has 1 aromatic rings. The standard InChI is InChI=1S/C11H21N3S/c1-8(2)12-7-6-9-13-14-10(15-9)11(3,4)5/h8,12H,6-7H2,1-5H3. The first-order chi connectivity index (χ1) is 6.89. The zero-order valence-electron chi connectivity index (χ0n) is 10.3. The largest absolute Gasteiger partial charge is 0.314 e. The summed E-state index contributed by atoms with van der Waals surface area (Å²) in [6.07, 6.45) is 0.978. The number of nitrogens with zero attached hydrogens (tertiary/aromatic N) is 2. The maximum Gasteiger partial charge on any atom is 0.122 e. The smallest absolute Gasteiger partial charge is 0.122 e. The van der Waals surface area contributed by atoms with E-state index in [0.29, 0.717) is 6.04 Å². The highest BCUT2D eigenvalue weighted by atomic mass is 32.1. The van der Waals surface area contributed by atoms with E-state index in [2.05, 4.69) is 50.1 Å². The number of hydrogen-bond donors (Lipinski definition) is 1. The molecule has 0 bridgehead atoms. The van der Waals surface area contributed by atoms with Crippen LogP contribution in [-0.4, -0.2) is 22.8 Å². The van der Waals surface area contributed by atoms with E-state index < -0.39 is 0 Å². The molecule has 0 amide bonds. The molecule has 0 aliphatic carbocycles. The first kappa shape index (κ1) is 12.6. The molecule has 0 fully saturated rings. The van der Waals surface area contributed by atoms with Gasteiger partial charge in [0.15, 0.2) is 0 Å². The number of rotatable bonds is 4. The highest BCUT2D eigenvalue weighted by Gasteiger charge is 2.18. The Kier molecular flexibility index (Phi) is 4.22. The Morgan fingerprint density at radius 1 is 1.27 bits per heavy atom. The topological polar surface area (TPSA) is 37.8 Å². The Hall–Kier alpha value is -0.480. The van der Waals surface area contributed by atoms with Crippen molar-refractivity contribution in [1.29, 1.82) is 0 Å². The van der Waals surface area contributed by atoms with E-state index in [0.717, 1.165) is 23.0 Å². The van der Waals surface area contributed by atoms with Gasteiger partial charge in [0.25, 0.3) is 0 Å². The van der Waals surface area contributed by atoms with Crippen LogP contribution >= 0.6 is 11.3 Å². The van der Waals surface area contributed by atoms with Crippen LogP contribution in [0.25, 0.3) is 0 Å². The van der Waals surface area contributed by atoms with Gasteiger partial charge in [0.05, 0.1) is 0 Å². The molecule has 0 atom stereocenters. The summed E-state index contributed by atoms with van der Waals surface area (Å²) in [6, 6.07) is 0.542. The van der Waals surface area contributed by atoms with E-state index in [1.54, 1.807) is 11.3 Å². The summed E-state index contributed by atoms with van der Waals surface area (Å²) in [7, 11) is 0. The third-order valence-electron chi connectivity index (χ3n) is 2.00. The SMILES string of the molecule is CC(C)NCCc1nnc(C(C)(C)C)s1. The van der Waals surface area contributed by atoms with Crippen molar-refractivity contribution in [3.8, 4) is 0 Å². The maximum atomic E-state index is 4.23. The number of hydrogen-bond acceptors (Lipinski definition) is 4. The second-order valence-electron chi connectivity index (χ2n) is 5.11. The van der Waals surface area contributed by atoms with E-state index in [1.165, 1.54) is 0 Å². The fourth-order valence-corrected chi connectivity index (χ4v) is 2.02. The van der Waals surface area contributed by atoms with Crippen molar-refractivity contribution in [2.45, 2.75) is 52.5 Å². The zero-order chi connectivity index (χ0) is 11.5. The van der Waals surface area contributed by atoms with Crippen LogP contribution in [0.1, 0.15) is 44.6 Å². The van der Waals surface area contributed by atoms with Crippen LogP contribution in [0.3, 0.4) is 0 Å². The molecule has 1 aromatic heterocycles. The lowest BCUT2D eigenvalue weighted by atomic mass is 9.98. The molecular formula is C11H21N3S. The molecule has 0 unspecified atom stereocenters. The van der Waals surface area contributed by atoms with E-state index in [-0.39, 0.29) is 5.41 Å². The van der Waals surface area contributed by atoms with Crippen molar-refractivity contribution in [2.24, 2.45) is 0 Å². The van der Waals surface area contributed by atoms with Crippen molar-refractivity contribution in [3.63, 3.8) is 0 Å². The summed E-state index contributed by atoms with van der Waals surface area (Å²) in [6.45, 7) is 11.8.